The first-order chi connectivity index (χ1) is 9.92. The van der Waals surface area contributed by atoms with Crippen molar-refractivity contribution in [1.29, 1.82) is 0 Å². The van der Waals surface area contributed by atoms with Crippen LogP contribution in [0.4, 0.5) is 5.13 Å². The number of aromatic nitrogens is 1. The summed E-state index contributed by atoms with van der Waals surface area (Å²) in [4.78, 5) is 16.9. The maximum atomic E-state index is 12.5. The van der Waals surface area contributed by atoms with E-state index in [1.165, 1.54) is 16.9 Å². The van der Waals surface area contributed by atoms with Gasteiger partial charge in [0.2, 0.25) is 0 Å². The Hall–Kier alpha value is -1.72. The van der Waals surface area contributed by atoms with Gasteiger partial charge in [0.1, 0.15) is 0 Å². The van der Waals surface area contributed by atoms with Gasteiger partial charge >= 0.3 is 0 Å². The lowest BCUT2D eigenvalue weighted by Crippen LogP contribution is -2.16. The second kappa shape index (κ2) is 6.37. The van der Waals surface area contributed by atoms with Crippen LogP contribution in [0.3, 0.4) is 0 Å². The molecule has 1 unspecified atom stereocenters. The van der Waals surface area contributed by atoms with Crippen molar-refractivity contribution in [2.75, 3.05) is 12.4 Å². The summed E-state index contributed by atoms with van der Waals surface area (Å²) in [5.74, 6) is -0.0944. The number of benzene rings is 1. The number of amides is 1. The van der Waals surface area contributed by atoms with Crippen LogP contribution in [-0.4, -0.2) is 17.9 Å². The highest BCUT2D eigenvalue weighted by molar-refractivity contribution is 7.14. The van der Waals surface area contributed by atoms with E-state index in [4.69, 9.17) is 0 Å². The van der Waals surface area contributed by atoms with E-state index in [-0.39, 0.29) is 11.9 Å². The highest BCUT2D eigenvalue weighted by Gasteiger charge is 2.15. The molecule has 0 saturated carbocycles. The van der Waals surface area contributed by atoms with Crippen LogP contribution in [0.25, 0.3) is 0 Å². The first-order valence-electron chi connectivity index (χ1n) is 6.94. The zero-order valence-corrected chi connectivity index (χ0v) is 13.9. The van der Waals surface area contributed by atoms with E-state index in [2.05, 4.69) is 15.6 Å². The number of rotatable bonds is 4. The van der Waals surface area contributed by atoms with Gasteiger partial charge in [0.25, 0.3) is 5.91 Å². The van der Waals surface area contributed by atoms with Gasteiger partial charge in [-0.05, 0) is 45.9 Å². The van der Waals surface area contributed by atoms with Gasteiger partial charge in [-0.15, -0.1) is 11.3 Å². The van der Waals surface area contributed by atoms with E-state index in [1.54, 1.807) is 0 Å². The van der Waals surface area contributed by atoms with Gasteiger partial charge in [0.05, 0.1) is 5.69 Å². The van der Waals surface area contributed by atoms with Crippen LogP contribution in [0, 0.1) is 20.8 Å². The minimum Gasteiger partial charge on any atom is -0.312 e. The molecule has 2 N–H and O–H groups in total. The highest BCUT2D eigenvalue weighted by atomic mass is 32.1. The smallest absolute Gasteiger partial charge is 0.257 e. The van der Waals surface area contributed by atoms with Crippen molar-refractivity contribution in [3.05, 3.63) is 45.5 Å². The molecule has 0 aliphatic rings. The molecule has 0 spiro atoms. The quantitative estimate of drug-likeness (QED) is 0.907. The predicted molar refractivity (Wildman–Crippen MR) is 88.2 cm³/mol. The van der Waals surface area contributed by atoms with Crippen molar-refractivity contribution >= 4 is 22.4 Å². The summed E-state index contributed by atoms with van der Waals surface area (Å²) in [6.07, 6.45) is 0. The Kier molecular flexibility index (Phi) is 4.75. The lowest BCUT2D eigenvalue weighted by Gasteiger charge is -2.10. The summed E-state index contributed by atoms with van der Waals surface area (Å²) in [5, 5.41) is 8.63. The number of nitrogens with zero attached hydrogens (tertiary/aromatic N) is 1. The molecule has 5 heteroatoms. The van der Waals surface area contributed by atoms with Gasteiger partial charge in [0, 0.05) is 17.0 Å². The molecule has 1 atom stereocenters. The summed E-state index contributed by atoms with van der Waals surface area (Å²) in [6.45, 7) is 8.00. The lowest BCUT2D eigenvalue weighted by atomic mass is 9.99. The Balaban J connectivity index is 2.21. The molecule has 112 valence electrons. The molecule has 1 heterocycles. The fraction of sp³-hybridized carbons (Fsp3) is 0.375. The summed E-state index contributed by atoms with van der Waals surface area (Å²) in [5.41, 5.74) is 4.82. The number of hydrogen-bond donors (Lipinski definition) is 2. The van der Waals surface area contributed by atoms with Crippen molar-refractivity contribution in [3.63, 3.8) is 0 Å². The van der Waals surface area contributed by atoms with Crippen LogP contribution in [-0.2, 0) is 0 Å². The molecule has 0 aliphatic heterocycles. The van der Waals surface area contributed by atoms with E-state index < -0.39 is 0 Å². The monoisotopic (exact) mass is 303 g/mol. The van der Waals surface area contributed by atoms with Gasteiger partial charge in [0.15, 0.2) is 5.13 Å². The molecule has 0 bridgehead atoms. The third-order valence-electron chi connectivity index (χ3n) is 3.52. The number of aryl methyl sites for hydroxylation is 3. The van der Waals surface area contributed by atoms with Crippen LogP contribution in [0.5, 0.6) is 0 Å². The molecule has 4 nitrogen and oxygen atoms in total. The molecule has 21 heavy (non-hydrogen) atoms. The number of nitrogens with one attached hydrogen (secondary N) is 2. The first kappa shape index (κ1) is 15.7. The van der Waals surface area contributed by atoms with Crippen LogP contribution < -0.4 is 10.6 Å². The fourth-order valence-electron chi connectivity index (χ4n) is 2.39. The molecule has 1 amide bonds. The number of thiazole rings is 1. The van der Waals surface area contributed by atoms with Crippen molar-refractivity contribution in [2.45, 2.75) is 33.7 Å². The number of hydrogen-bond acceptors (Lipinski definition) is 4. The second-order valence-corrected chi connectivity index (χ2v) is 6.17. The Morgan fingerprint density at radius 1 is 1.24 bits per heavy atom. The summed E-state index contributed by atoms with van der Waals surface area (Å²) >= 11 is 1.45. The maximum absolute atomic E-state index is 12.5. The largest absolute Gasteiger partial charge is 0.312 e. The topological polar surface area (TPSA) is 54.0 Å². The average Bonchev–Trinajstić information content (AvgIpc) is 2.85. The number of anilines is 1. The molecular weight excluding hydrogens is 282 g/mol. The Bertz CT molecular complexity index is 640. The van der Waals surface area contributed by atoms with E-state index in [0.717, 1.165) is 22.4 Å². The second-order valence-electron chi connectivity index (χ2n) is 5.32. The summed E-state index contributed by atoms with van der Waals surface area (Å²) in [7, 11) is 1.89. The number of carbonyl (C=O) groups is 1. The molecule has 1 aromatic carbocycles. The van der Waals surface area contributed by atoms with E-state index >= 15 is 0 Å². The molecule has 2 rings (SSSR count). The molecule has 0 saturated heterocycles. The molecule has 0 fully saturated rings. The minimum absolute atomic E-state index is 0.0944. The van der Waals surface area contributed by atoms with Crippen LogP contribution >= 0.6 is 11.3 Å². The van der Waals surface area contributed by atoms with Gasteiger partial charge in [-0.1, -0.05) is 17.7 Å². The van der Waals surface area contributed by atoms with E-state index in [9.17, 15) is 4.79 Å². The fourth-order valence-corrected chi connectivity index (χ4v) is 3.19. The van der Waals surface area contributed by atoms with Crippen LogP contribution in [0.1, 0.15) is 45.7 Å². The SMILES string of the molecule is CNC(C)c1csc(NC(=O)c2c(C)cc(C)cc2C)n1. The molecular formula is C16H21N3OS. The van der Waals surface area contributed by atoms with Crippen molar-refractivity contribution in [3.8, 4) is 0 Å². The van der Waals surface area contributed by atoms with Crippen LogP contribution in [0.2, 0.25) is 0 Å². The number of carbonyl (C=O) groups excluding carboxylic acids is 1. The van der Waals surface area contributed by atoms with Gasteiger partial charge in [-0.25, -0.2) is 4.98 Å². The summed E-state index contributed by atoms with van der Waals surface area (Å²) < 4.78 is 0. The standard InChI is InChI=1S/C16H21N3OS/c1-9-6-10(2)14(11(3)7-9)15(20)19-16-18-13(8-21-16)12(4)17-5/h6-8,12,17H,1-5H3,(H,18,19,20). The van der Waals surface area contributed by atoms with E-state index in [0.29, 0.717) is 5.13 Å². The molecule has 0 aliphatic carbocycles. The van der Waals surface area contributed by atoms with Crippen LogP contribution in [0.15, 0.2) is 17.5 Å². The predicted octanol–water partition coefficient (Wildman–Crippen LogP) is 3.60. The molecule has 2 aromatic rings. The molecule has 0 radical (unpaired) electrons. The Morgan fingerprint density at radius 3 is 2.43 bits per heavy atom. The third kappa shape index (κ3) is 3.49. The Morgan fingerprint density at radius 2 is 1.86 bits per heavy atom. The van der Waals surface area contributed by atoms with Gasteiger partial charge in [-0.2, -0.15) is 0 Å². The average molecular weight is 303 g/mol. The zero-order valence-electron chi connectivity index (χ0n) is 13.1. The molecule has 1 aromatic heterocycles. The summed E-state index contributed by atoms with van der Waals surface area (Å²) in [6, 6.07) is 4.23. The van der Waals surface area contributed by atoms with Crippen molar-refractivity contribution in [2.24, 2.45) is 0 Å². The first-order valence-corrected chi connectivity index (χ1v) is 7.82. The maximum Gasteiger partial charge on any atom is 0.257 e. The van der Waals surface area contributed by atoms with E-state index in [1.807, 2.05) is 52.3 Å². The normalized spacial score (nSPS) is 12.2. The third-order valence-corrected chi connectivity index (χ3v) is 4.30. The Labute approximate surface area is 129 Å². The van der Waals surface area contributed by atoms with Crippen molar-refractivity contribution < 1.29 is 4.79 Å². The van der Waals surface area contributed by atoms with Gasteiger partial charge in [-0.3, -0.25) is 10.1 Å². The minimum atomic E-state index is -0.0944. The van der Waals surface area contributed by atoms with Crippen molar-refractivity contribution in [1.82, 2.24) is 10.3 Å². The highest BCUT2D eigenvalue weighted by Crippen LogP contribution is 2.22. The lowest BCUT2D eigenvalue weighted by molar-refractivity contribution is 0.102. The zero-order chi connectivity index (χ0) is 15.6. The van der Waals surface area contributed by atoms with Gasteiger partial charge < -0.3 is 5.32 Å².